The van der Waals surface area contributed by atoms with E-state index in [1.54, 1.807) is 30.6 Å². The number of carbonyl (C=O) groups is 1. The van der Waals surface area contributed by atoms with Gasteiger partial charge in [0.25, 0.3) is 5.91 Å². The predicted octanol–water partition coefficient (Wildman–Crippen LogP) is 4.26. The highest BCUT2D eigenvalue weighted by molar-refractivity contribution is 9.10. The number of benzene rings is 1. The van der Waals surface area contributed by atoms with Crippen molar-refractivity contribution >= 4 is 51.0 Å². The van der Waals surface area contributed by atoms with E-state index < -0.39 is 0 Å². The largest absolute Gasteiger partial charge is 0.352 e. The van der Waals surface area contributed by atoms with Gasteiger partial charge in [0.2, 0.25) is 5.95 Å². The highest BCUT2D eigenvalue weighted by Crippen LogP contribution is 2.29. The Hall–Kier alpha value is -1.37. The molecule has 1 atom stereocenters. The maximum absolute atomic E-state index is 12.8. The van der Waals surface area contributed by atoms with Gasteiger partial charge in [-0.15, -0.1) is 0 Å². The Balaban J connectivity index is 1.69. The van der Waals surface area contributed by atoms with Crippen LogP contribution in [0.5, 0.6) is 0 Å². The summed E-state index contributed by atoms with van der Waals surface area (Å²) < 4.78 is 0.821. The van der Waals surface area contributed by atoms with Crippen LogP contribution in [0.1, 0.15) is 23.2 Å². The molecule has 0 bridgehead atoms. The van der Waals surface area contributed by atoms with Gasteiger partial charge >= 0.3 is 0 Å². The van der Waals surface area contributed by atoms with Gasteiger partial charge in [-0.3, -0.25) is 4.79 Å². The normalized spacial score (nSPS) is 17.1. The Kier molecular flexibility index (Phi) is 5.58. The summed E-state index contributed by atoms with van der Waals surface area (Å²) in [6, 6.07) is 5.19. The first-order valence-electron chi connectivity index (χ1n) is 7.52. The topological polar surface area (TPSA) is 58.1 Å². The fourth-order valence-electron chi connectivity index (χ4n) is 2.75. The molecule has 1 aromatic carbocycles. The van der Waals surface area contributed by atoms with E-state index in [0.29, 0.717) is 34.6 Å². The number of halogens is 3. The van der Waals surface area contributed by atoms with Crippen LogP contribution >= 0.6 is 39.1 Å². The van der Waals surface area contributed by atoms with E-state index >= 15 is 0 Å². The SMILES string of the molecule is O=C(c1cccc(Cl)c1Cl)N1CCCC1CNc1ncc(Br)cn1. The van der Waals surface area contributed by atoms with Gasteiger partial charge in [-0.2, -0.15) is 0 Å². The van der Waals surface area contributed by atoms with Gasteiger partial charge in [0.05, 0.1) is 20.1 Å². The molecule has 1 N–H and O–H groups in total. The van der Waals surface area contributed by atoms with Crippen LogP contribution in [0, 0.1) is 0 Å². The average Bonchev–Trinajstić information content (AvgIpc) is 3.05. The Morgan fingerprint density at radius 3 is 2.83 bits per heavy atom. The molecule has 0 aliphatic carbocycles. The molecule has 1 aromatic heterocycles. The summed E-state index contributed by atoms with van der Waals surface area (Å²) in [7, 11) is 0. The molecular weight excluding hydrogens is 415 g/mol. The zero-order valence-corrected chi connectivity index (χ0v) is 15.8. The third-order valence-electron chi connectivity index (χ3n) is 3.94. The summed E-state index contributed by atoms with van der Waals surface area (Å²) in [5.74, 6) is 0.446. The van der Waals surface area contributed by atoms with Crippen molar-refractivity contribution in [2.45, 2.75) is 18.9 Å². The van der Waals surface area contributed by atoms with Crippen LogP contribution in [0.15, 0.2) is 35.1 Å². The fraction of sp³-hybridized carbons (Fsp3) is 0.312. The average molecular weight is 430 g/mol. The molecule has 1 aliphatic rings. The highest BCUT2D eigenvalue weighted by Gasteiger charge is 2.30. The van der Waals surface area contributed by atoms with Crippen molar-refractivity contribution in [2.24, 2.45) is 0 Å². The number of aromatic nitrogens is 2. The molecule has 126 valence electrons. The molecule has 2 heterocycles. The van der Waals surface area contributed by atoms with Gasteiger partial charge in [-0.1, -0.05) is 29.3 Å². The van der Waals surface area contributed by atoms with Crippen molar-refractivity contribution in [1.82, 2.24) is 14.9 Å². The first-order chi connectivity index (χ1) is 11.6. The van der Waals surface area contributed by atoms with Gasteiger partial charge in [-0.25, -0.2) is 9.97 Å². The fourth-order valence-corrected chi connectivity index (χ4v) is 3.34. The van der Waals surface area contributed by atoms with E-state index in [2.05, 4.69) is 31.2 Å². The van der Waals surface area contributed by atoms with Crippen LogP contribution in [-0.4, -0.2) is 39.9 Å². The first kappa shape index (κ1) is 17.5. The lowest BCUT2D eigenvalue weighted by molar-refractivity contribution is 0.0744. The lowest BCUT2D eigenvalue weighted by Crippen LogP contribution is -2.39. The Bertz CT molecular complexity index is 741. The summed E-state index contributed by atoms with van der Waals surface area (Å²) in [4.78, 5) is 23.0. The number of nitrogens with one attached hydrogen (secondary N) is 1. The van der Waals surface area contributed by atoms with E-state index in [4.69, 9.17) is 23.2 Å². The zero-order valence-electron chi connectivity index (χ0n) is 12.7. The number of rotatable bonds is 4. The summed E-state index contributed by atoms with van der Waals surface area (Å²) in [5, 5.41) is 3.87. The van der Waals surface area contributed by atoms with Gasteiger partial charge in [-0.05, 0) is 40.9 Å². The van der Waals surface area contributed by atoms with E-state index in [9.17, 15) is 4.79 Å². The van der Waals surface area contributed by atoms with Gasteiger partial charge < -0.3 is 10.2 Å². The summed E-state index contributed by atoms with van der Waals surface area (Å²) in [6.45, 7) is 1.29. The Labute approximate surface area is 158 Å². The van der Waals surface area contributed by atoms with Crippen molar-refractivity contribution in [1.29, 1.82) is 0 Å². The minimum absolute atomic E-state index is 0.0693. The molecule has 2 aromatic rings. The van der Waals surface area contributed by atoms with Crippen LogP contribution in [-0.2, 0) is 0 Å². The second-order valence-electron chi connectivity index (χ2n) is 5.50. The van der Waals surface area contributed by atoms with Crippen molar-refractivity contribution < 1.29 is 4.79 Å². The second-order valence-corrected chi connectivity index (χ2v) is 7.20. The number of nitrogens with zero attached hydrogens (tertiary/aromatic N) is 3. The third-order valence-corrected chi connectivity index (χ3v) is 5.16. The van der Waals surface area contributed by atoms with Gasteiger partial charge in [0.1, 0.15) is 0 Å². The molecule has 1 amide bonds. The van der Waals surface area contributed by atoms with Crippen molar-refractivity contribution in [2.75, 3.05) is 18.4 Å². The highest BCUT2D eigenvalue weighted by atomic mass is 79.9. The summed E-state index contributed by atoms with van der Waals surface area (Å²) in [6.07, 6.45) is 5.24. The van der Waals surface area contributed by atoms with Crippen LogP contribution < -0.4 is 5.32 Å². The van der Waals surface area contributed by atoms with Crippen LogP contribution in [0.2, 0.25) is 10.0 Å². The van der Waals surface area contributed by atoms with Gasteiger partial charge in [0, 0.05) is 31.5 Å². The maximum atomic E-state index is 12.8. The maximum Gasteiger partial charge on any atom is 0.255 e. The molecule has 1 unspecified atom stereocenters. The number of carbonyl (C=O) groups excluding carboxylic acids is 1. The molecule has 0 saturated carbocycles. The number of hydrogen-bond donors (Lipinski definition) is 1. The van der Waals surface area contributed by atoms with E-state index in [-0.39, 0.29) is 11.9 Å². The zero-order chi connectivity index (χ0) is 17.1. The molecule has 0 spiro atoms. The van der Waals surface area contributed by atoms with E-state index in [1.165, 1.54) is 0 Å². The quantitative estimate of drug-likeness (QED) is 0.788. The lowest BCUT2D eigenvalue weighted by atomic mass is 10.1. The monoisotopic (exact) mass is 428 g/mol. The molecular formula is C16H15BrCl2N4O. The summed E-state index contributed by atoms with van der Waals surface area (Å²) >= 11 is 15.5. The predicted molar refractivity (Wildman–Crippen MR) is 98.7 cm³/mol. The number of likely N-dealkylation sites (tertiary alicyclic amines) is 1. The van der Waals surface area contributed by atoms with E-state index in [0.717, 1.165) is 17.3 Å². The standard InChI is InChI=1S/C16H15BrCl2N4O/c17-10-7-20-16(21-8-10)22-9-11-3-2-6-23(11)15(24)12-4-1-5-13(18)14(12)19/h1,4-5,7-8,11H,2-3,6,9H2,(H,20,21,22). The van der Waals surface area contributed by atoms with Crippen LogP contribution in [0.4, 0.5) is 5.95 Å². The van der Waals surface area contributed by atoms with Crippen LogP contribution in [0.3, 0.4) is 0 Å². The number of amides is 1. The minimum Gasteiger partial charge on any atom is -0.352 e. The first-order valence-corrected chi connectivity index (χ1v) is 9.07. The van der Waals surface area contributed by atoms with Gasteiger partial charge in [0.15, 0.2) is 0 Å². The van der Waals surface area contributed by atoms with Crippen molar-refractivity contribution in [3.63, 3.8) is 0 Å². The molecule has 1 saturated heterocycles. The number of hydrogen-bond acceptors (Lipinski definition) is 4. The molecule has 8 heteroatoms. The second kappa shape index (κ2) is 7.68. The Morgan fingerprint density at radius 1 is 1.33 bits per heavy atom. The molecule has 3 rings (SSSR count). The van der Waals surface area contributed by atoms with Crippen molar-refractivity contribution in [3.05, 3.63) is 50.7 Å². The van der Waals surface area contributed by atoms with Crippen molar-refractivity contribution in [3.8, 4) is 0 Å². The molecule has 5 nitrogen and oxygen atoms in total. The Morgan fingerprint density at radius 2 is 2.08 bits per heavy atom. The summed E-state index contributed by atoms with van der Waals surface area (Å²) in [5.41, 5.74) is 0.441. The smallest absolute Gasteiger partial charge is 0.255 e. The molecule has 0 radical (unpaired) electrons. The molecule has 1 aliphatic heterocycles. The lowest BCUT2D eigenvalue weighted by Gasteiger charge is -2.25. The van der Waals surface area contributed by atoms with E-state index in [1.807, 2.05) is 4.90 Å². The number of anilines is 1. The molecule has 1 fully saturated rings. The molecule has 24 heavy (non-hydrogen) atoms. The minimum atomic E-state index is -0.0940. The third kappa shape index (κ3) is 3.82. The van der Waals surface area contributed by atoms with Crippen LogP contribution in [0.25, 0.3) is 0 Å².